The summed E-state index contributed by atoms with van der Waals surface area (Å²) in [6.07, 6.45) is 3.76. The summed E-state index contributed by atoms with van der Waals surface area (Å²) in [5.74, 6) is 0. The van der Waals surface area contributed by atoms with Crippen molar-refractivity contribution in [3.63, 3.8) is 0 Å². The summed E-state index contributed by atoms with van der Waals surface area (Å²) >= 11 is 0. The predicted molar refractivity (Wildman–Crippen MR) is 55.4 cm³/mol. The van der Waals surface area contributed by atoms with E-state index in [4.69, 9.17) is 0 Å². The van der Waals surface area contributed by atoms with Crippen LogP contribution in [0.5, 0.6) is 0 Å². The number of aromatic amines is 1. The van der Waals surface area contributed by atoms with Gasteiger partial charge in [0.05, 0.1) is 5.45 Å². The van der Waals surface area contributed by atoms with Gasteiger partial charge in [0.25, 0.3) is 0 Å². The van der Waals surface area contributed by atoms with E-state index in [1.54, 1.807) is 0 Å². The van der Waals surface area contributed by atoms with E-state index in [0.717, 1.165) is 0 Å². The molecule has 0 spiro atoms. The lowest BCUT2D eigenvalue weighted by atomic mass is 10.2. The fourth-order valence-corrected chi connectivity index (χ4v) is 2.51. The van der Waals surface area contributed by atoms with Crippen LogP contribution in [0.25, 0.3) is 0 Å². The largest absolute Gasteiger partial charge is 0.353 e. The number of H-pyrrole nitrogens is 1. The van der Waals surface area contributed by atoms with E-state index in [0.29, 0.717) is 5.04 Å². The molecule has 0 amide bonds. The number of nitrogens with one attached hydrogen (secondary N) is 1. The first kappa shape index (κ1) is 9.51. The minimum Gasteiger partial charge on any atom is -0.353 e. The number of hydrogen-bond donors (Lipinski definition) is 1. The predicted octanol–water partition coefficient (Wildman–Crippen LogP) is 2.13. The van der Waals surface area contributed by atoms with E-state index in [2.05, 4.69) is 43.8 Å². The van der Waals surface area contributed by atoms with Gasteiger partial charge in [-0.25, -0.2) is 4.98 Å². The Bertz CT molecular complexity index is 244. The molecule has 2 nitrogen and oxygen atoms in total. The van der Waals surface area contributed by atoms with E-state index in [-0.39, 0.29) is 0 Å². The Hall–Kier alpha value is -0.573. The summed E-state index contributed by atoms with van der Waals surface area (Å²) in [5.41, 5.74) is 1.20. The molecule has 0 bridgehead atoms. The number of rotatable bonds is 1. The van der Waals surface area contributed by atoms with Crippen molar-refractivity contribution in [2.75, 3.05) is 0 Å². The topological polar surface area (TPSA) is 28.7 Å². The number of aromatic nitrogens is 2. The van der Waals surface area contributed by atoms with Crippen molar-refractivity contribution in [1.29, 1.82) is 0 Å². The molecule has 0 radical (unpaired) electrons. The van der Waals surface area contributed by atoms with E-state index >= 15 is 0 Å². The molecule has 0 aliphatic rings. The first-order chi connectivity index (χ1) is 5.36. The molecule has 1 heterocycles. The van der Waals surface area contributed by atoms with Crippen molar-refractivity contribution in [1.82, 2.24) is 9.97 Å². The third-order valence-corrected chi connectivity index (χ3v) is 8.17. The van der Waals surface area contributed by atoms with Crippen LogP contribution in [-0.4, -0.2) is 18.0 Å². The van der Waals surface area contributed by atoms with Crippen molar-refractivity contribution in [3.05, 3.63) is 12.4 Å². The van der Waals surface area contributed by atoms with Crippen LogP contribution in [0.1, 0.15) is 20.8 Å². The highest BCUT2D eigenvalue weighted by Gasteiger charge is 2.39. The molecule has 12 heavy (non-hydrogen) atoms. The van der Waals surface area contributed by atoms with Gasteiger partial charge in [0.15, 0.2) is 0 Å². The summed E-state index contributed by atoms with van der Waals surface area (Å²) in [4.78, 5) is 7.60. The molecule has 0 unspecified atom stereocenters. The fraction of sp³-hybridized carbons (Fsp3) is 0.667. The number of nitrogens with zero attached hydrogens (tertiary/aromatic N) is 1. The van der Waals surface area contributed by atoms with E-state index in [1.807, 2.05) is 12.4 Å². The molecule has 0 fully saturated rings. The molecule has 68 valence electrons. The molecule has 0 aliphatic carbocycles. The van der Waals surface area contributed by atoms with Gasteiger partial charge >= 0.3 is 0 Å². The lowest BCUT2D eigenvalue weighted by Crippen LogP contribution is -2.51. The molecule has 1 aromatic rings. The first-order valence-electron chi connectivity index (χ1n) is 4.35. The second-order valence-electron chi connectivity index (χ2n) is 4.81. The van der Waals surface area contributed by atoms with Crippen molar-refractivity contribution in [2.45, 2.75) is 38.9 Å². The minimum atomic E-state index is -1.40. The number of imidazole rings is 1. The summed E-state index contributed by atoms with van der Waals surface area (Å²) in [7, 11) is -1.40. The molecule has 1 rings (SSSR count). The molecular weight excluding hydrogens is 164 g/mol. The zero-order chi connectivity index (χ0) is 9.41. The summed E-state index contributed by atoms with van der Waals surface area (Å²) in [5, 5.41) is 0.366. The molecular formula is C9H18N2Si. The van der Waals surface area contributed by atoms with E-state index in [1.165, 1.54) is 5.45 Å². The lowest BCUT2D eigenvalue weighted by molar-refractivity contribution is 0.727. The Morgan fingerprint density at radius 2 is 1.92 bits per heavy atom. The average molecular weight is 182 g/mol. The third-order valence-electron chi connectivity index (χ3n) is 2.97. The maximum Gasteiger partial charge on any atom is 0.131 e. The van der Waals surface area contributed by atoms with Crippen molar-refractivity contribution < 1.29 is 0 Å². The van der Waals surface area contributed by atoms with Crippen LogP contribution >= 0.6 is 0 Å². The van der Waals surface area contributed by atoms with E-state index in [9.17, 15) is 0 Å². The Kier molecular flexibility index (Phi) is 2.16. The highest BCUT2D eigenvalue weighted by Crippen LogP contribution is 2.34. The normalized spacial score (nSPS) is 13.4. The van der Waals surface area contributed by atoms with Crippen LogP contribution in [0.15, 0.2) is 12.4 Å². The van der Waals surface area contributed by atoms with Gasteiger partial charge in [0.2, 0.25) is 0 Å². The molecule has 1 aromatic heterocycles. The summed E-state index contributed by atoms with van der Waals surface area (Å²) in [6.45, 7) is 11.6. The highest BCUT2D eigenvalue weighted by molar-refractivity contribution is 6.90. The van der Waals surface area contributed by atoms with Gasteiger partial charge in [0, 0.05) is 12.4 Å². The Balaban J connectivity index is 3.02. The zero-order valence-electron chi connectivity index (χ0n) is 8.60. The Morgan fingerprint density at radius 3 is 2.25 bits per heavy atom. The van der Waals surface area contributed by atoms with Crippen LogP contribution in [0.3, 0.4) is 0 Å². The monoisotopic (exact) mass is 182 g/mol. The second-order valence-corrected chi connectivity index (χ2v) is 10.0. The molecule has 0 atom stereocenters. The third kappa shape index (κ3) is 1.46. The van der Waals surface area contributed by atoms with Crippen molar-refractivity contribution in [2.24, 2.45) is 0 Å². The van der Waals surface area contributed by atoms with Gasteiger partial charge in [-0.3, -0.25) is 0 Å². The zero-order valence-corrected chi connectivity index (χ0v) is 9.60. The second kappa shape index (κ2) is 2.73. The van der Waals surface area contributed by atoms with Crippen LogP contribution < -0.4 is 5.45 Å². The smallest absolute Gasteiger partial charge is 0.131 e. The molecule has 3 heteroatoms. The Morgan fingerprint density at radius 1 is 1.33 bits per heavy atom. The SMILES string of the molecule is CC(C)(C)[Si](C)(C)c1ncc[nH]1. The average Bonchev–Trinajstić information content (AvgIpc) is 2.34. The molecule has 0 saturated heterocycles. The molecule has 0 saturated carbocycles. The van der Waals surface area contributed by atoms with Crippen LogP contribution in [0, 0.1) is 0 Å². The fourth-order valence-electron chi connectivity index (χ4n) is 0.962. The Labute approximate surface area is 75.4 Å². The van der Waals surface area contributed by atoms with Gasteiger partial charge < -0.3 is 4.98 Å². The maximum absolute atomic E-state index is 4.36. The van der Waals surface area contributed by atoms with Crippen molar-refractivity contribution in [3.8, 4) is 0 Å². The van der Waals surface area contributed by atoms with Crippen LogP contribution in [0.4, 0.5) is 0 Å². The number of hydrogen-bond acceptors (Lipinski definition) is 1. The standard InChI is InChI=1S/C9H18N2Si/c1-9(2,3)12(4,5)8-10-6-7-11-8/h6-7H,1-5H3,(H,10,11). The van der Waals surface area contributed by atoms with E-state index < -0.39 is 8.07 Å². The lowest BCUT2D eigenvalue weighted by Gasteiger charge is -2.34. The summed E-state index contributed by atoms with van der Waals surface area (Å²) in [6, 6.07) is 0. The van der Waals surface area contributed by atoms with Gasteiger partial charge in [-0.15, -0.1) is 0 Å². The van der Waals surface area contributed by atoms with Gasteiger partial charge in [-0.2, -0.15) is 0 Å². The molecule has 0 aliphatic heterocycles. The van der Waals surface area contributed by atoms with Crippen molar-refractivity contribution >= 4 is 13.5 Å². The summed E-state index contributed by atoms with van der Waals surface area (Å²) < 4.78 is 0. The molecule has 1 N–H and O–H groups in total. The van der Waals surface area contributed by atoms with Crippen LogP contribution in [-0.2, 0) is 0 Å². The van der Waals surface area contributed by atoms with Gasteiger partial charge in [-0.1, -0.05) is 33.9 Å². The minimum absolute atomic E-state index is 0.366. The van der Waals surface area contributed by atoms with Gasteiger partial charge in [0.1, 0.15) is 8.07 Å². The van der Waals surface area contributed by atoms with Gasteiger partial charge in [-0.05, 0) is 5.04 Å². The quantitative estimate of drug-likeness (QED) is 0.662. The maximum atomic E-state index is 4.36. The molecule has 0 aromatic carbocycles. The highest BCUT2D eigenvalue weighted by atomic mass is 28.3. The first-order valence-corrected chi connectivity index (χ1v) is 7.35. The van der Waals surface area contributed by atoms with Crippen LogP contribution in [0.2, 0.25) is 18.1 Å².